The molecular formula is C29H25ClF2N2O6S. The molecule has 6 rings (SSSR count). The number of rotatable bonds is 6. The fraction of sp³-hybridized carbons (Fsp3) is 0.310. The summed E-state index contributed by atoms with van der Waals surface area (Å²) < 4.78 is 60.2. The second-order valence-corrected chi connectivity index (χ2v) is 13.3. The van der Waals surface area contributed by atoms with Crippen molar-refractivity contribution in [2.24, 2.45) is 11.8 Å². The quantitative estimate of drug-likeness (QED) is 0.268. The number of carbonyl (C=O) groups is 1. The van der Waals surface area contributed by atoms with Crippen LogP contribution in [0.5, 0.6) is 0 Å². The van der Waals surface area contributed by atoms with Crippen molar-refractivity contribution in [1.82, 2.24) is 4.98 Å². The van der Waals surface area contributed by atoms with E-state index in [0.717, 1.165) is 18.2 Å². The van der Waals surface area contributed by atoms with Crippen LogP contribution >= 0.6 is 11.6 Å². The zero-order valence-corrected chi connectivity index (χ0v) is 23.0. The Kier molecular flexibility index (Phi) is 6.88. The fourth-order valence-electron chi connectivity index (χ4n) is 6.27. The highest BCUT2D eigenvalue weighted by Crippen LogP contribution is 2.56. The predicted octanol–water partition coefficient (Wildman–Crippen LogP) is 5.44. The summed E-state index contributed by atoms with van der Waals surface area (Å²) in [5.74, 6) is -4.07. The number of halogens is 3. The van der Waals surface area contributed by atoms with Gasteiger partial charge in [-0.1, -0.05) is 23.7 Å². The normalized spacial score (nSPS) is 24.9. The molecule has 8 nitrogen and oxygen atoms in total. The molecule has 3 aromatic carbocycles. The Bertz CT molecular complexity index is 1730. The number of aromatic nitrogens is 1. The Hall–Kier alpha value is -3.38. The van der Waals surface area contributed by atoms with Crippen LogP contribution in [0.15, 0.2) is 70.0 Å². The van der Waals surface area contributed by atoms with E-state index in [1.807, 2.05) is 0 Å². The molecule has 12 heteroatoms. The first-order chi connectivity index (χ1) is 19.5. The van der Waals surface area contributed by atoms with E-state index in [9.17, 15) is 32.2 Å². The van der Waals surface area contributed by atoms with E-state index in [2.05, 4.69) is 10.3 Å². The van der Waals surface area contributed by atoms with E-state index >= 15 is 0 Å². The first-order valence-corrected chi connectivity index (χ1v) is 15.0. The third kappa shape index (κ3) is 4.70. The van der Waals surface area contributed by atoms with Crippen molar-refractivity contribution >= 4 is 44.1 Å². The molecule has 1 amide bonds. The number of amides is 1. The van der Waals surface area contributed by atoms with Gasteiger partial charge in [0, 0.05) is 17.3 Å². The fourth-order valence-corrected chi connectivity index (χ4v) is 8.67. The summed E-state index contributed by atoms with van der Waals surface area (Å²) in [6.45, 7) is 0. The first kappa shape index (κ1) is 27.8. The molecule has 4 aromatic rings. The van der Waals surface area contributed by atoms with Gasteiger partial charge in [0.05, 0.1) is 15.2 Å². The van der Waals surface area contributed by atoms with Gasteiger partial charge in [-0.15, -0.1) is 0 Å². The second-order valence-electron chi connectivity index (χ2n) is 10.6. The third-order valence-electron chi connectivity index (χ3n) is 8.36. The number of hydrogen-bond acceptors (Lipinski definition) is 7. The molecule has 2 saturated carbocycles. The van der Waals surface area contributed by atoms with E-state index in [4.69, 9.17) is 16.0 Å². The zero-order valence-electron chi connectivity index (χ0n) is 21.4. The minimum atomic E-state index is -4.07. The van der Waals surface area contributed by atoms with Crippen LogP contribution < -0.4 is 5.32 Å². The summed E-state index contributed by atoms with van der Waals surface area (Å²) in [5, 5.41) is 24.4. The summed E-state index contributed by atoms with van der Waals surface area (Å²) in [6.07, 6.45) is -0.297. The third-order valence-corrected chi connectivity index (χ3v) is 11.0. The lowest BCUT2D eigenvalue weighted by atomic mass is 9.71. The number of carbonyl (C=O) groups excluding carboxylic acids is 1. The highest BCUT2D eigenvalue weighted by molar-refractivity contribution is 7.92. The van der Waals surface area contributed by atoms with Crippen molar-refractivity contribution in [3.63, 3.8) is 0 Å². The van der Waals surface area contributed by atoms with Gasteiger partial charge in [-0.2, -0.15) is 0 Å². The van der Waals surface area contributed by atoms with Crippen LogP contribution in [-0.2, 0) is 9.84 Å². The van der Waals surface area contributed by atoms with Gasteiger partial charge >= 0.3 is 0 Å². The number of sulfone groups is 1. The maximum Gasteiger partial charge on any atom is 0.255 e. The number of hydrogen-bond donors (Lipinski definition) is 3. The molecule has 2 aliphatic rings. The molecule has 2 fully saturated rings. The SMILES string of the molecule is O=C(Nc1ccc(F)c(F)c1)c1ccc(Cl)c(S(=O)(=O)[C@H]2CC3CCC(C2)[C@]3(O)C(O)c2nc3ccccc3o2)c1. The van der Waals surface area contributed by atoms with Crippen molar-refractivity contribution in [3.05, 3.63) is 88.8 Å². The molecule has 1 heterocycles. The van der Waals surface area contributed by atoms with Crippen LogP contribution in [-0.4, -0.2) is 40.4 Å². The predicted molar refractivity (Wildman–Crippen MR) is 146 cm³/mol. The lowest BCUT2D eigenvalue weighted by molar-refractivity contribution is -0.151. The average Bonchev–Trinajstić information content (AvgIpc) is 3.42. The highest BCUT2D eigenvalue weighted by atomic mass is 35.5. The minimum absolute atomic E-state index is 0.00565. The number of benzene rings is 3. The van der Waals surface area contributed by atoms with Crippen LogP contribution in [0.1, 0.15) is 48.0 Å². The Balaban J connectivity index is 1.24. The molecule has 214 valence electrons. The van der Waals surface area contributed by atoms with Crippen molar-refractivity contribution in [3.8, 4) is 0 Å². The molecule has 2 aliphatic carbocycles. The van der Waals surface area contributed by atoms with E-state index in [0.29, 0.717) is 23.9 Å². The topological polar surface area (TPSA) is 130 Å². The van der Waals surface area contributed by atoms with Gasteiger partial charge in [0.2, 0.25) is 5.89 Å². The molecule has 0 aliphatic heterocycles. The van der Waals surface area contributed by atoms with Crippen LogP contribution in [0.4, 0.5) is 14.5 Å². The zero-order chi connectivity index (χ0) is 29.1. The molecule has 3 N–H and O–H groups in total. The summed E-state index contributed by atoms with van der Waals surface area (Å²) in [7, 11) is -4.07. The molecule has 2 bridgehead atoms. The number of oxazole rings is 1. The Labute approximate surface area is 238 Å². The van der Waals surface area contributed by atoms with Gasteiger partial charge in [-0.3, -0.25) is 4.79 Å². The van der Waals surface area contributed by atoms with E-state index in [1.54, 1.807) is 24.3 Å². The number of fused-ring (bicyclic) bond motifs is 3. The largest absolute Gasteiger partial charge is 0.438 e. The summed E-state index contributed by atoms with van der Waals surface area (Å²) in [5.41, 5.74) is -0.662. The van der Waals surface area contributed by atoms with Gasteiger partial charge < -0.3 is 19.9 Å². The lowest BCUT2D eigenvalue weighted by Gasteiger charge is -2.44. The van der Waals surface area contributed by atoms with Crippen LogP contribution in [0.25, 0.3) is 11.1 Å². The van der Waals surface area contributed by atoms with Gasteiger partial charge in [-0.25, -0.2) is 22.2 Å². The second kappa shape index (κ2) is 10.2. The molecule has 0 saturated heterocycles. The lowest BCUT2D eigenvalue weighted by Crippen LogP contribution is -2.52. The van der Waals surface area contributed by atoms with Crippen molar-refractivity contribution in [1.29, 1.82) is 0 Å². The smallest absolute Gasteiger partial charge is 0.255 e. The average molecular weight is 603 g/mol. The standard InChI is InChI=1S/C29H25ClF2N2O6S/c30-20-9-5-15(27(36)33-18-8-10-21(31)22(32)14-18)11-25(20)41(38,39)19-12-16-6-7-17(13-19)29(16,37)26(35)28-34-23-3-1-2-4-24(23)40-28/h1-5,8-11,14,16-17,19,26,35,37H,6-7,12-13H2,(H,33,36)/t16?,17?,19-,26?,29-. The molecule has 3 unspecified atom stereocenters. The number of nitrogens with zero attached hydrogens (tertiary/aromatic N) is 1. The number of aliphatic hydroxyl groups excluding tert-OH is 1. The monoisotopic (exact) mass is 602 g/mol. The Morgan fingerprint density at radius 2 is 1.76 bits per heavy atom. The maximum atomic E-state index is 13.8. The highest BCUT2D eigenvalue weighted by Gasteiger charge is 2.60. The van der Waals surface area contributed by atoms with E-state index < -0.39 is 56.2 Å². The van der Waals surface area contributed by atoms with Crippen molar-refractivity contribution < 1.29 is 36.6 Å². The molecular weight excluding hydrogens is 578 g/mol. The van der Waals surface area contributed by atoms with Crippen LogP contribution in [0.2, 0.25) is 5.02 Å². The molecule has 0 radical (unpaired) electrons. The Morgan fingerprint density at radius 3 is 2.44 bits per heavy atom. The van der Waals surface area contributed by atoms with Crippen molar-refractivity contribution in [2.75, 3.05) is 5.32 Å². The summed E-state index contributed by atoms with van der Waals surface area (Å²) in [6, 6.07) is 13.6. The summed E-state index contributed by atoms with van der Waals surface area (Å²) >= 11 is 6.30. The summed E-state index contributed by atoms with van der Waals surface area (Å²) in [4.78, 5) is 16.9. The first-order valence-electron chi connectivity index (χ1n) is 13.0. The minimum Gasteiger partial charge on any atom is -0.438 e. The van der Waals surface area contributed by atoms with Gasteiger partial charge in [0.1, 0.15) is 11.1 Å². The molecule has 3 atom stereocenters. The Morgan fingerprint density at radius 1 is 1.05 bits per heavy atom. The van der Waals surface area contributed by atoms with Gasteiger partial charge in [-0.05, 0) is 80.0 Å². The molecule has 1 aromatic heterocycles. The number of para-hydroxylation sites is 2. The molecule has 41 heavy (non-hydrogen) atoms. The number of nitrogens with one attached hydrogen (secondary N) is 1. The number of aliphatic hydroxyl groups is 2. The molecule has 0 spiro atoms. The van der Waals surface area contributed by atoms with Crippen molar-refractivity contribution in [2.45, 2.75) is 47.5 Å². The van der Waals surface area contributed by atoms with E-state index in [-0.39, 0.29) is 39.9 Å². The van der Waals surface area contributed by atoms with Crippen LogP contribution in [0.3, 0.4) is 0 Å². The van der Waals surface area contributed by atoms with Gasteiger partial charge in [0.15, 0.2) is 33.2 Å². The van der Waals surface area contributed by atoms with Crippen LogP contribution in [0, 0.1) is 23.5 Å². The van der Waals surface area contributed by atoms with Gasteiger partial charge in [0.25, 0.3) is 5.91 Å². The van der Waals surface area contributed by atoms with E-state index in [1.165, 1.54) is 18.2 Å². The maximum absolute atomic E-state index is 13.8. The number of anilines is 1.